The average molecular weight is 420 g/mol. The molecule has 0 bridgehead atoms. The number of benzene rings is 3. The number of ketones is 2. The highest BCUT2D eigenvalue weighted by Gasteiger charge is 2.23. The second-order valence-electron chi connectivity index (χ2n) is 7.59. The molecular formula is C24H21NO4S. The number of Topliss-reactive ketones (excluding diaryl/α,β-unsaturated/α-hetero) is 2. The van der Waals surface area contributed by atoms with Crippen LogP contribution in [0.4, 0.5) is 0 Å². The highest BCUT2D eigenvalue weighted by molar-refractivity contribution is 7.89. The van der Waals surface area contributed by atoms with Gasteiger partial charge in [0, 0.05) is 24.0 Å². The summed E-state index contributed by atoms with van der Waals surface area (Å²) < 4.78 is 23.1. The van der Waals surface area contributed by atoms with Crippen LogP contribution in [0.15, 0.2) is 65.6 Å². The topological polar surface area (TPSA) is 94.3 Å². The molecule has 0 saturated heterocycles. The smallest absolute Gasteiger partial charge is 0.238 e. The molecule has 0 radical (unpaired) electrons. The summed E-state index contributed by atoms with van der Waals surface area (Å²) in [4.78, 5) is 25.0. The predicted molar refractivity (Wildman–Crippen MR) is 115 cm³/mol. The number of rotatable bonds is 5. The van der Waals surface area contributed by atoms with Gasteiger partial charge >= 0.3 is 0 Å². The third-order valence-electron chi connectivity index (χ3n) is 5.48. The number of aryl methyl sites for hydroxylation is 2. The normalized spacial score (nSPS) is 13.3. The Kier molecular flexibility index (Phi) is 5.13. The average Bonchev–Trinajstić information content (AvgIpc) is 3.08. The molecule has 152 valence electrons. The molecule has 0 fully saturated rings. The first kappa shape index (κ1) is 20.2. The lowest BCUT2D eigenvalue weighted by Gasteiger charge is -2.09. The Hall–Kier alpha value is -3.09. The molecule has 1 aliphatic rings. The third-order valence-corrected chi connectivity index (χ3v) is 6.55. The van der Waals surface area contributed by atoms with E-state index in [2.05, 4.69) is 0 Å². The van der Waals surface area contributed by atoms with Crippen LogP contribution in [0.2, 0.25) is 0 Å². The first-order valence-electron chi connectivity index (χ1n) is 9.65. The van der Waals surface area contributed by atoms with Crippen molar-refractivity contribution in [3.8, 4) is 11.1 Å². The standard InChI is InChI=1S/C24H21NO4S/c1-15-13-16(5-12-23(15)30(25,28)29)14-22(27)18-8-6-17(7-9-18)20-4-2-3-19-10-11-21(26)24(19)20/h2-9,12-13H,10-11,14H2,1H3,(H2,25,28,29). The molecule has 4 rings (SSSR count). The van der Waals surface area contributed by atoms with Crippen molar-refractivity contribution in [3.05, 3.63) is 88.5 Å². The summed E-state index contributed by atoms with van der Waals surface area (Å²) in [6.45, 7) is 1.65. The lowest BCUT2D eigenvalue weighted by Crippen LogP contribution is -2.14. The van der Waals surface area contributed by atoms with E-state index in [4.69, 9.17) is 5.14 Å². The number of primary sulfonamides is 1. The van der Waals surface area contributed by atoms with Gasteiger partial charge in [-0.2, -0.15) is 0 Å². The minimum absolute atomic E-state index is 0.0630. The molecule has 0 aromatic heterocycles. The number of carbonyl (C=O) groups is 2. The SMILES string of the molecule is Cc1cc(CC(=O)c2ccc(-c3cccc4c3C(=O)CC4)cc2)ccc1S(N)(=O)=O. The van der Waals surface area contributed by atoms with Crippen LogP contribution < -0.4 is 5.14 Å². The van der Waals surface area contributed by atoms with Crippen LogP contribution >= 0.6 is 0 Å². The Morgan fingerprint density at radius 3 is 2.40 bits per heavy atom. The number of hydrogen-bond donors (Lipinski definition) is 1. The molecule has 3 aromatic rings. The molecule has 0 atom stereocenters. The Bertz CT molecular complexity index is 1280. The minimum Gasteiger partial charge on any atom is -0.294 e. The van der Waals surface area contributed by atoms with Crippen molar-refractivity contribution in [2.24, 2.45) is 5.14 Å². The Morgan fingerprint density at radius 2 is 1.73 bits per heavy atom. The number of carbonyl (C=O) groups excluding carboxylic acids is 2. The Labute approximate surface area is 175 Å². The van der Waals surface area contributed by atoms with E-state index in [1.54, 1.807) is 31.2 Å². The van der Waals surface area contributed by atoms with Crippen molar-refractivity contribution >= 4 is 21.6 Å². The van der Waals surface area contributed by atoms with Gasteiger partial charge in [0.2, 0.25) is 10.0 Å². The maximum atomic E-state index is 12.7. The van der Waals surface area contributed by atoms with Crippen molar-refractivity contribution in [2.45, 2.75) is 31.1 Å². The molecular weight excluding hydrogens is 398 g/mol. The summed E-state index contributed by atoms with van der Waals surface area (Å²) in [5, 5.41) is 5.19. The maximum absolute atomic E-state index is 12.7. The van der Waals surface area contributed by atoms with Crippen molar-refractivity contribution in [2.75, 3.05) is 0 Å². The van der Waals surface area contributed by atoms with E-state index in [1.807, 2.05) is 30.3 Å². The molecule has 0 saturated carbocycles. The molecule has 6 heteroatoms. The first-order chi connectivity index (χ1) is 14.2. The Balaban J connectivity index is 1.56. The van der Waals surface area contributed by atoms with Crippen molar-refractivity contribution in [3.63, 3.8) is 0 Å². The van der Waals surface area contributed by atoms with Gasteiger partial charge in [-0.15, -0.1) is 0 Å². The monoisotopic (exact) mass is 419 g/mol. The zero-order valence-corrected chi connectivity index (χ0v) is 17.3. The van der Waals surface area contributed by atoms with Gasteiger partial charge in [-0.1, -0.05) is 54.6 Å². The van der Waals surface area contributed by atoms with Crippen LogP contribution in [0.25, 0.3) is 11.1 Å². The van der Waals surface area contributed by atoms with E-state index in [-0.39, 0.29) is 22.9 Å². The van der Waals surface area contributed by atoms with E-state index in [0.717, 1.165) is 34.2 Å². The molecule has 0 spiro atoms. The summed E-state index contributed by atoms with van der Waals surface area (Å²) >= 11 is 0. The molecule has 0 unspecified atom stereocenters. The molecule has 0 amide bonds. The zero-order valence-electron chi connectivity index (χ0n) is 16.5. The van der Waals surface area contributed by atoms with Gasteiger partial charge < -0.3 is 0 Å². The van der Waals surface area contributed by atoms with E-state index in [1.165, 1.54) is 6.07 Å². The summed E-state index contributed by atoms with van der Waals surface area (Å²) in [5.41, 5.74) is 5.49. The highest BCUT2D eigenvalue weighted by Crippen LogP contribution is 2.32. The fraction of sp³-hybridized carbons (Fsp3) is 0.167. The van der Waals surface area contributed by atoms with Crippen molar-refractivity contribution in [1.29, 1.82) is 0 Å². The second-order valence-corrected chi connectivity index (χ2v) is 9.11. The minimum atomic E-state index is -3.78. The molecule has 1 aliphatic carbocycles. The first-order valence-corrected chi connectivity index (χ1v) is 11.2. The van der Waals surface area contributed by atoms with Crippen LogP contribution in [0.1, 0.15) is 43.8 Å². The number of fused-ring (bicyclic) bond motifs is 1. The fourth-order valence-electron chi connectivity index (χ4n) is 4.02. The largest absolute Gasteiger partial charge is 0.294 e. The van der Waals surface area contributed by atoms with Gasteiger partial charge in [-0.25, -0.2) is 13.6 Å². The quantitative estimate of drug-likeness (QED) is 0.635. The molecule has 2 N–H and O–H groups in total. The summed E-state index contributed by atoms with van der Waals surface area (Å²) in [5.74, 6) is 0.0951. The van der Waals surface area contributed by atoms with E-state index in [0.29, 0.717) is 17.5 Å². The molecule has 5 nitrogen and oxygen atoms in total. The van der Waals surface area contributed by atoms with Crippen LogP contribution in [0, 0.1) is 6.92 Å². The Morgan fingerprint density at radius 1 is 1.00 bits per heavy atom. The summed E-state index contributed by atoms with van der Waals surface area (Å²) in [7, 11) is -3.78. The van der Waals surface area contributed by atoms with Crippen molar-refractivity contribution < 1.29 is 18.0 Å². The van der Waals surface area contributed by atoms with Crippen molar-refractivity contribution in [1.82, 2.24) is 0 Å². The highest BCUT2D eigenvalue weighted by atomic mass is 32.2. The van der Waals surface area contributed by atoms with Crippen LogP contribution in [-0.4, -0.2) is 20.0 Å². The third kappa shape index (κ3) is 3.84. The second kappa shape index (κ2) is 7.63. The predicted octanol–water partition coefficient (Wildman–Crippen LogP) is 3.86. The molecule has 3 aromatic carbocycles. The van der Waals surface area contributed by atoms with Gasteiger partial charge in [-0.3, -0.25) is 9.59 Å². The van der Waals surface area contributed by atoms with Crippen LogP contribution in [0.3, 0.4) is 0 Å². The van der Waals surface area contributed by atoms with E-state index < -0.39 is 10.0 Å². The summed E-state index contributed by atoms with van der Waals surface area (Å²) in [6.07, 6.45) is 1.49. The molecule has 0 heterocycles. The van der Waals surface area contributed by atoms with E-state index >= 15 is 0 Å². The van der Waals surface area contributed by atoms with Crippen LogP contribution in [-0.2, 0) is 22.9 Å². The number of nitrogens with two attached hydrogens (primary N) is 1. The summed E-state index contributed by atoms with van der Waals surface area (Å²) in [6, 6.07) is 17.9. The van der Waals surface area contributed by atoms with E-state index in [9.17, 15) is 18.0 Å². The van der Waals surface area contributed by atoms with Gasteiger partial charge in [0.25, 0.3) is 0 Å². The van der Waals surface area contributed by atoms with Gasteiger partial charge in [0.1, 0.15) is 0 Å². The lowest BCUT2D eigenvalue weighted by atomic mass is 9.94. The number of sulfonamides is 1. The zero-order chi connectivity index (χ0) is 21.5. The van der Waals surface area contributed by atoms with Gasteiger partial charge in [-0.05, 0) is 47.2 Å². The lowest BCUT2D eigenvalue weighted by molar-refractivity contribution is 0.0985. The molecule has 0 aliphatic heterocycles. The van der Waals surface area contributed by atoms with Crippen LogP contribution in [0.5, 0.6) is 0 Å². The number of hydrogen-bond acceptors (Lipinski definition) is 4. The molecule has 30 heavy (non-hydrogen) atoms. The maximum Gasteiger partial charge on any atom is 0.238 e. The van der Waals surface area contributed by atoms with Gasteiger partial charge in [0.05, 0.1) is 4.90 Å². The fourth-order valence-corrected chi connectivity index (χ4v) is 4.78. The van der Waals surface area contributed by atoms with Gasteiger partial charge in [0.15, 0.2) is 11.6 Å².